The fraction of sp³-hybridized carbons (Fsp3) is 0.240. The molecule has 0 aliphatic carbocycles. The van der Waals surface area contributed by atoms with Crippen molar-refractivity contribution in [3.63, 3.8) is 0 Å². The van der Waals surface area contributed by atoms with Crippen molar-refractivity contribution < 1.29 is 4.79 Å². The lowest BCUT2D eigenvalue weighted by Crippen LogP contribution is -2.28. The van der Waals surface area contributed by atoms with Gasteiger partial charge >= 0.3 is 0 Å². The maximum Gasteiger partial charge on any atom is 0.251 e. The van der Waals surface area contributed by atoms with E-state index in [0.717, 1.165) is 17.2 Å². The van der Waals surface area contributed by atoms with Crippen LogP contribution in [0.1, 0.15) is 52.0 Å². The summed E-state index contributed by atoms with van der Waals surface area (Å²) in [5.74, 6) is 0.817. The fourth-order valence-corrected chi connectivity index (χ4v) is 4.29. The van der Waals surface area contributed by atoms with Crippen LogP contribution in [0.4, 0.5) is 0 Å². The second kappa shape index (κ2) is 10.00. The summed E-state index contributed by atoms with van der Waals surface area (Å²) in [7, 11) is 0. The zero-order valence-corrected chi connectivity index (χ0v) is 18.6. The highest BCUT2D eigenvalue weighted by Gasteiger charge is 2.16. The lowest BCUT2D eigenvalue weighted by Gasteiger charge is -2.20. The zero-order chi connectivity index (χ0) is 20.8. The number of benzene rings is 3. The lowest BCUT2D eigenvalue weighted by atomic mass is 9.97. The largest absolute Gasteiger partial charge is 0.345 e. The second-order valence-electron chi connectivity index (χ2n) is 7.23. The van der Waals surface area contributed by atoms with Gasteiger partial charge < -0.3 is 5.32 Å². The van der Waals surface area contributed by atoms with Crippen LogP contribution in [0.3, 0.4) is 0 Å². The smallest absolute Gasteiger partial charge is 0.251 e. The number of nitrogens with one attached hydrogen (secondary N) is 1. The van der Waals surface area contributed by atoms with Gasteiger partial charge in [0.15, 0.2) is 0 Å². The standard InChI is InChI=1S/C25H26ClNOS/c1-4-24(23-14-5-17(2)15-18(23)3)27-25(28)20-8-6-19(7-9-20)16-29-22-12-10-21(26)11-13-22/h5-15,24H,4,16H2,1-3H3,(H,27,28). The summed E-state index contributed by atoms with van der Waals surface area (Å²) < 4.78 is 0. The predicted octanol–water partition coefficient (Wildman–Crippen LogP) is 7.13. The Labute approximate surface area is 182 Å². The monoisotopic (exact) mass is 423 g/mol. The van der Waals surface area contributed by atoms with Gasteiger partial charge in [0.05, 0.1) is 6.04 Å². The molecule has 29 heavy (non-hydrogen) atoms. The fourth-order valence-electron chi connectivity index (χ4n) is 3.31. The van der Waals surface area contributed by atoms with Crippen LogP contribution >= 0.6 is 23.4 Å². The first-order chi connectivity index (χ1) is 14.0. The van der Waals surface area contributed by atoms with Crippen molar-refractivity contribution in [2.45, 2.75) is 43.9 Å². The normalized spacial score (nSPS) is 11.9. The van der Waals surface area contributed by atoms with Gasteiger partial charge in [-0.15, -0.1) is 11.8 Å². The first-order valence-electron chi connectivity index (χ1n) is 9.81. The Kier molecular flexibility index (Phi) is 7.40. The average molecular weight is 424 g/mol. The van der Waals surface area contributed by atoms with Crippen molar-refractivity contribution in [1.29, 1.82) is 0 Å². The molecule has 0 heterocycles. The van der Waals surface area contributed by atoms with Gasteiger partial charge in [-0.3, -0.25) is 4.79 Å². The van der Waals surface area contributed by atoms with Crippen molar-refractivity contribution in [2.75, 3.05) is 0 Å². The van der Waals surface area contributed by atoms with E-state index in [9.17, 15) is 4.79 Å². The van der Waals surface area contributed by atoms with E-state index in [1.807, 2.05) is 48.5 Å². The molecular weight excluding hydrogens is 398 g/mol. The van der Waals surface area contributed by atoms with Gasteiger partial charge in [0, 0.05) is 21.2 Å². The lowest BCUT2D eigenvalue weighted by molar-refractivity contribution is 0.0935. The van der Waals surface area contributed by atoms with Crippen LogP contribution in [0.25, 0.3) is 0 Å². The molecule has 0 fully saturated rings. The molecule has 0 aliphatic rings. The van der Waals surface area contributed by atoms with E-state index in [-0.39, 0.29) is 11.9 Å². The summed E-state index contributed by atoms with van der Waals surface area (Å²) in [5, 5.41) is 3.93. The third-order valence-electron chi connectivity index (χ3n) is 4.95. The van der Waals surface area contributed by atoms with Gasteiger partial charge in [0.1, 0.15) is 0 Å². The summed E-state index contributed by atoms with van der Waals surface area (Å²) in [6.45, 7) is 6.29. The molecular formula is C25H26ClNOS. The molecule has 0 bridgehead atoms. The minimum Gasteiger partial charge on any atom is -0.345 e. The number of carbonyl (C=O) groups excluding carboxylic acids is 1. The SMILES string of the molecule is CCC(NC(=O)c1ccc(CSc2ccc(Cl)cc2)cc1)c1ccc(C)cc1C. The van der Waals surface area contributed by atoms with Crippen LogP contribution in [0.15, 0.2) is 71.6 Å². The average Bonchev–Trinajstić information content (AvgIpc) is 2.72. The Hall–Kier alpha value is -2.23. The molecule has 0 spiro atoms. The molecule has 2 nitrogen and oxygen atoms in total. The first kappa shape index (κ1) is 21.5. The van der Waals surface area contributed by atoms with E-state index in [1.54, 1.807) is 11.8 Å². The molecule has 1 N–H and O–H groups in total. The maximum absolute atomic E-state index is 12.8. The van der Waals surface area contributed by atoms with Crippen molar-refractivity contribution >= 4 is 29.3 Å². The summed E-state index contributed by atoms with van der Waals surface area (Å²) in [5.41, 5.74) is 5.50. The molecule has 1 atom stereocenters. The number of carbonyl (C=O) groups is 1. The Bertz CT molecular complexity index is 967. The van der Waals surface area contributed by atoms with Gasteiger partial charge in [-0.1, -0.05) is 54.4 Å². The van der Waals surface area contributed by atoms with Gasteiger partial charge in [-0.25, -0.2) is 0 Å². The molecule has 150 valence electrons. The van der Waals surface area contributed by atoms with Crippen LogP contribution in [-0.4, -0.2) is 5.91 Å². The highest BCUT2D eigenvalue weighted by Crippen LogP contribution is 2.25. The quantitative estimate of drug-likeness (QED) is 0.409. The molecule has 0 saturated carbocycles. The van der Waals surface area contributed by atoms with Gasteiger partial charge in [-0.05, 0) is 73.4 Å². The van der Waals surface area contributed by atoms with Crippen LogP contribution in [0.5, 0.6) is 0 Å². The van der Waals surface area contributed by atoms with Crippen molar-refractivity contribution in [1.82, 2.24) is 5.32 Å². The van der Waals surface area contributed by atoms with E-state index in [1.165, 1.54) is 27.1 Å². The van der Waals surface area contributed by atoms with Crippen LogP contribution in [-0.2, 0) is 5.75 Å². The Morgan fingerprint density at radius 3 is 2.31 bits per heavy atom. The van der Waals surface area contributed by atoms with E-state index in [0.29, 0.717) is 5.56 Å². The van der Waals surface area contributed by atoms with E-state index in [2.05, 4.69) is 44.3 Å². The van der Waals surface area contributed by atoms with E-state index in [4.69, 9.17) is 11.6 Å². The third kappa shape index (κ3) is 5.88. The molecule has 1 amide bonds. The van der Waals surface area contributed by atoms with Crippen molar-refractivity contribution in [2.24, 2.45) is 0 Å². The molecule has 0 aromatic heterocycles. The number of rotatable bonds is 7. The first-order valence-corrected chi connectivity index (χ1v) is 11.2. The molecule has 0 saturated heterocycles. The Morgan fingerprint density at radius 1 is 1.00 bits per heavy atom. The summed E-state index contributed by atoms with van der Waals surface area (Å²) in [4.78, 5) is 13.9. The molecule has 3 rings (SSSR count). The summed E-state index contributed by atoms with van der Waals surface area (Å²) >= 11 is 7.68. The molecule has 3 aromatic carbocycles. The maximum atomic E-state index is 12.8. The number of aryl methyl sites for hydroxylation is 2. The zero-order valence-electron chi connectivity index (χ0n) is 17.0. The number of halogens is 1. The van der Waals surface area contributed by atoms with Gasteiger partial charge in [0.25, 0.3) is 5.91 Å². The topological polar surface area (TPSA) is 29.1 Å². The van der Waals surface area contributed by atoms with Gasteiger partial charge in [0.2, 0.25) is 0 Å². The van der Waals surface area contributed by atoms with Crippen molar-refractivity contribution in [3.8, 4) is 0 Å². The minimum absolute atomic E-state index is 0.0169. The number of hydrogen-bond acceptors (Lipinski definition) is 2. The number of hydrogen-bond donors (Lipinski definition) is 1. The van der Waals surface area contributed by atoms with Gasteiger partial charge in [-0.2, -0.15) is 0 Å². The number of thioether (sulfide) groups is 1. The molecule has 0 radical (unpaired) electrons. The highest BCUT2D eigenvalue weighted by molar-refractivity contribution is 7.98. The highest BCUT2D eigenvalue weighted by atomic mass is 35.5. The van der Waals surface area contributed by atoms with Crippen molar-refractivity contribution in [3.05, 3.63) is 99.6 Å². The predicted molar refractivity (Wildman–Crippen MR) is 124 cm³/mol. The number of amides is 1. The van der Waals surface area contributed by atoms with Crippen LogP contribution in [0.2, 0.25) is 5.02 Å². The van der Waals surface area contributed by atoms with E-state index >= 15 is 0 Å². The van der Waals surface area contributed by atoms with E-state index < -0.39 is 0 Å². The molecule has 4 heteroatoms. The van der Waals surface area contributed by atoms with Crippen LogP contribution in [0, 0.1) is 13.8 Å². The summed E-state index contributed by atoms with van der Waals surface area (Å²) in [6.07, 6.45) is 0.853. The summed E-state index contributed by atoms with van der Waals surface area (Å²) in [6, 6.07) is 22.1. The third-order valence-corrected chi connectivity index (χ3v) is 6.28. The Morgan fingerprint density at radius 2 is 1.69 bits per heavy atom. The second-order valence-corrected chi connectivity index (χ2v) is 8.72. The van der Waals surface area contributed by atoms with Crippen LogP contribution < -0.4 is 5.32 Å². The molecule has 3 aromatic rings. The molecule has 1 unspecified atom stereocenters. The Balaban J connectivity index is 1.62. The molecule has 0 aliphatic heterocycles. The minimum atomic E-state index is -0.0336.